The molecule has 0 spiro atoms. The van der Waals surface area contributed by atoms with Crippen molar-refractivity contribution in [2.24, 2.45) is 0 Å². The van der Waals surface area contributed by atoms with Crippen LogP contribution in [0, 0.1) is 6.92 Å². The maximum absolute atomic E-state index is 12.8. The third kappa shape index (κ3) is 5.58. The van der Waals surface area contributed by atoms with Gasteiger partial charge in [0.1, 0.15) is 11.4 Å². The van der Waals surface area contributed by atoms with Crippen LogP contribution in [0.15, 0.2) is 48.5 Å². The molecular weight excluding hydrogens is 388 g/mol. The molecule has 1 aliphatic heterocycles. The molecule has 1 heterocycles. The van der Waals surface area contributed by atoms with Gasteiger partial charge in [-0.05, 0) is 38.0 Å². The highest BCUT2D eigenvalue weighted by atomic mass is 32.2. The Morgan fingerprint density at radius 3 is 2.55 bits per heavy atom. The van der Waals surface area contributed by atoms with Crippen LogP contribution in [0.25, 0.3) is 0 Å². The molecule has 1 aliphatic rings. The molecule has 1 amide bonds. The number of hydrogen-bond acceptors (Lipinski definition) is 4. The first-order valence-corrected chi connectivity index (χ1v) is 11.5. The van der Waals surface area contributed by atoms with Gasteiger partial charge in [0.15, 0.2) is 0 Å². The highest BCUT2D eigenvalue weighted by molar-refractivity contribution is 7.88. The smallest absolute Gasteiger partial charge is 0.235 e. The Labute approximate surface area is 172 Å². The van der Waals surface area contributed by atoms with Gasteiger partial charge in [-0.2, -0.15) is 4.31 Å². The first kappa shape index (κ1) is 21.3. The monoisotopic (exact) mass is 416 g/mol. The van der Waals surface area contributed by atoms with E-state index in [-0.39, 0.29) is 25.0 Å². The quantitative estimate of drug-likeness (QED) is 0.785. The second kappa shape index (κ2) is 8.16. The SMILES string of the molecule is Cc1ccc2c(c1)OC(C)(C)CC2NC(=O)CN(Cc1ccccc1)S(C)(=O)=O. The average molecular weight is 417 g/mol. The van der Waals surface area contributed by atoms with Crippen LogP contribution in [-0.4, -0.2) is 37.0 Å². The molecular formula is C22H28N2O4S. The second-order valence-electron chi connectivity index (χ2n) is 8.24. The van der Waals surface area contributed by atoms with Gasteiger partial charge in [0.25, 0.3) is 0 Å². The Kier molecular flexibility index (Phi) is 6.00. The van der Waals surface area contributed by atoms with Crippen molar-refractivity contribution in [3.63, 3.8) is 0 Å². The summed E-state index contributed by atoms with van der Waals surface area (Å²) in [5.74, 6) is 0.427. The topological polar surface area (TPSA) is 75.7 Å². The predicted octanol–water partition coefficient (Wildman–Crippen LogP) is 3.18. The fraction of sp³-hybridized carbons (Fsp3) is 0.409. The number of carbonyl (C=O) groups excluding carboxylic acids is 1. The molecule has 0 saturated carbocycles. The van der Waals surface area contributed by atoms with Crippen molar-refractivity contribution in [1.29, 1.82) is 0 Å². The molecule has 3 rings (SSSR count). The van der Waals surface area contributed by atoms with Crippen molar-refractivity contribution in [2.75, 3.05) is 12.8 Å². The summed E-state index contributed by atoms with van der Waals surface area (Å²) in [6.07, 6.45) is 1.73. The first-order valence-electron chi connectivity index (χ1n) is 9.61. The van der Waals surface area contributed by atoms with Gasteiger partial charge in [-0.25, -0.2) is 8.42 Å². The van der Waals surface area contributed by atoms with E-state index in [1.807, 2.05) is 69.3 Å². The number of fused-ring (bicyclic) bond motifs is 1. The van der Waals surface area contributed by atoms with Crippen molar-refractivity contribution < 1.29 is 17.9 Å². The van der Waals surface area contributed by atoms with Crippen molar-refractivity contribution in [3.8, 4) is 5.75 Å². The molecule has 1 unspecified atom stereocenters. The number of nitrogens with zero attached hydrogens (tertiary/aromatic N) is 1. The normalized spacial score (nSPS) is 18.0. The van der Waals surface area contributed by atoms with E-state index >= 15 is 0 Å². The Morgan fingerprint density at radius 1 is 1.21 bits per heavy atom. The minimum Gasteiger partial charge on any atom is -0.487 e. The molecule has 0 aliphatic carbocycles. The second-order valence-corrected chi connectivity index (χ2v) is 10.2. The molecule has 0 fully saturated rings. The van der Waals surface area contributed by atoms with E-state index in [4.69, 9.17) is 4.74 Å². The fourth-order valence-electron chi connectivity index (χ4n) is 3.57. The molecule has 0 aromatic heterocycles. The van der Waals surface area contributed by atoms with Gasteiger partial charge in [0.05, 0.1) is 18.8 Å². The lowest BCUT2D eigenvalue weighted by molar-refractivity contribution is -0.122. The minimum atomic E-state index is -3.54. The van der Waals surface area contributed by atoms with Gasteiger partial charge in [0, 0.05) is 18.5 Å². The Morgan fingerprint density at radius 2 is 1.90 bits per heavy atom. The summed E-state index contributed by atoms with van der Waals surface area (Å²) in [6.45, 7) is 5.88. The highest BCUT2D eigenvalue weighted by Gasteiger charge is 2.35. The zero-order valence-corrected chi connectivity index (χ0v) is 18.1. The number of amides is 1. The van der Waals surface area contributed by atoms with E-state index in [2.05, 4.69) is 5.32 Å². The molecule has 7 heteroatoms. The van der Waals surface area contributed by atoms with Gasteiger partial charge < -0.3 is 10.1 Å². The van der Waals surface area contributed by atoms with Crippen molar-refractivity contribution in [3.05, 3.63) is 65.2 Å². The number of benzene rings is 2. The minimum absolute atomic E-state index is 0.155. The van der Waals surface area contributed by atoms with E-state index in [0.29, 0.717) is 6.42 Å². The summed E-state index contributed by atoms with van der Waals surface area (Å²) < 4.78 is 31.7. The summed E-state index contributed by atoms with van der Waals surface area (Å²) in [5, 5.41) is 3.01. The van der Waals surface area contributed by atoms with Crippen LogP contribution in [0.2, 0.25) is 0 Å². The molecule has 0 radical (unpaired) electrons. The molecule has 6 nitrogen and oxygen atoms in total. The molecule has 29 heavy (non-hydrogen) atoms. The lowest BCUT2D eigenvalue weighted by atomic mass is 9.89. The molecule has 1 atom stereocenters. The van der Waals surface area contributed by atoms with Gasteiger partial charge >= 0.3 is 0 Å². The maximum atomic E-state index is 12.8. The Bertz CT molecular complexity index is 987. The number of rotatable bonds is 6. The van der Waals surface area contributed by atoms with Crippen molar-refractivity contribution in [1.82, 2.24) is 9.62 Å². The fourth-order valence-corrected chi connectivity index (χ4v) is 4.30. The van der Waals surface area contributed by atoms with Crippen LogP contribution >= 0.6 is 0 Å². The van der Waals surface area contributed by atoms with E-state index in [9.17, 15) is 13.2 Å². The number of sulfonamides is 1. The molecule has 1 N–H and O–H groups in total. The Balaban J connectivity index is 1.76. The summed E-state index contributed by atoms with van der Waals surface area (Å²) in [6, 6.07) is 14.9. The number of nitrogens with one attached hydrogen (secondary N) is 1. The zero-order valence-electron chi connectivity index (χ0n) is 17.3. The predicted molar refractivity (Wildman–Crippen MR) is 113 cm³/mol. The maximum Gasteiger partial charge on any atom is 0.235 e. The van der Waals surface area contributed by atoms with Gasteiger partial charge in [-0.3, -0.25) is 4.79 Å². The largest absolute Gasteiger partial charge is 0.487 e. The third-order valence-corrected chi connectivity index (χ3v) is 6.15. The average Bonchev–Trinajstić information content (AvgIpc) is 2.59. The Hall–Kier alpha value is -2.38. The summed E-state index contributed by atoms with van der Waals surface area (Å²) in [7, 11) is -3.54. The van der Waals surface area contributed by atoms with Crippen LogP contribution in [0.1, 0.15) is 43.0 Å². The van der Waals surface area contributed by atoms with Crippen LogP contribution in [-0.2, 0) is 21.4 Å². The van der Waals surface area contributed by atoms with E-state index in [0.717, 1.165) is 28.7 Å². The van der Waals surface area contributed by atoms with Crippen molar-refractivity contribution >= 4 is 15.9 Å². The van der Waals surface area contributed by atoms with E-state index in [1.54, 1.807) is 0 Å². The highest BCUT2D eigenvalue weighted by Crippen LogP contribution is 2.39. The van der Waals surface area contributed by atoms with Crippen molar-refractivity contribution in [2.45, 2.75) is 45.4 Å². The number of carbonyl (C=O) groups is 1. The summed E-state index contributed by atoms with van der Waals surface area (Å²) in [4.78, 5) is 12.8. The summed E-state index contributed by atoms with van der Waals surface area (Å²) >= 11 is 0. The zero-order chi connectivity index (χ0) is 21.2. The standard InChI is InChI=1S/C22H28N2O4S/c1-16-10-11-18-19(13-22(2,3)28-20(18)12-16)23-21(25)15-24(29(4,26)27)14-17-8-6-5-7-9-17/h5-12,19H,13-15H2,1-4H3,(H,23,25). The van der Waals surface area contributed by atoms with Gasteiger partial charge in [-0.15, -0.1) is 0 Å². The molecule has 156 valence electrons. The molecule has 0 saturated heterocycles. The molecule has 2 aromatic carbocycles. The summed E-state index contributed by atoms with van der Waals surface area (Å²) in [5.41, 5.74) is 2.40. The van der Waals surface area contributed by atoms with E-state index in [1.165, 1.54) is 4.31 Å². The number of aryl methyl sites for hydroxylation is 1. The van der Waals surface area contributed by atoms with Crippen LogP contribution < -0.4 is 10.1 Å². The van der Waals surface area contributed by atoms with Crippen LogP contribution in [0.3, 0.4) is 0 Å². The van der Waals surface area contributed by atoms with Gasteiger partial charge in [0.2, 0.25) is 15.9 Å². The first-order chi connectivity index (χ1) is 13.5. The number of hydrogen-bond donors (Lipinski definition) is 1. The van der Waals surface area contributed by atoms with E-state index < -0.39 is 15.6 Å². The lowest BCUT2D eigenvalue weighted by Crippen LogP contribution is -2.45. The lowest BCUT2D eigenvalue weighted by Gasteiger charge is -2.38. The van der Waals surface area contributed by atoms with Crippen LogP contribution in [0.4, 0.5) is 0 Å². The third-order valence-electron chi connectivity index (χ3n) is 4.95. The number of ether oxygens (including phenoxy) is 1. The molecule has 2 aromatic rings. The van der Waals surface area contributed by atoms with Gasteiger partial charge in [-0.1, -0.05) is 42.5 Å². The molecule has 0 bridgehead atoms. The van der Waals surface area contributed by atoms with Crippen LogP contribution in [0.5, 0.6) is 5.75 Å².